The molecule has 1 aliphatic rings. The molecule has 0 radical (unpaired) electrons. The van der Waals surface area contributed by atoms with Gasteiger partial charge in [-0.25, -0.2) is 17.6 Å². The summed E-state index contributed by atoms with van der Waals surface area (Å²) in [4.78, 5) is 13.7. The summed E-state index contributed by atoms with van der Waals surface area (Å²) in [7, 11) is -3.84. The number of ether oxygens (including phenoxy) is 1. The molecule has 0 bridgehead atoms. The number of H-pyrrole nitrogens is 1. The van der Waals surface area contributed by atoms with Gasteiger partial charge in [0, 0.05) is 24.7 Å². The second-order valence-electron chi connectivity index (χ2n) is 5.92. The Hall–Kier alpha value is -2.49. The molecule has 1 aromatic heterocycles. The van der Waals surface area contributed by atoms with Gasteiger partial charge in [0.15, 0.2) is 5.58 Å². The molecule has 2 aromatic carbocycles. The lowest BCUT2D eigenvalue weighted by Crippen LogP contribution is -2.42. The summed E-state index contributed by atoms with van der Waals surface area (Å²) >= 11 is 0. The Labute approximate surface area is 148 Å². The standard InChI is InChI=1S/C17H15FN2O5S/c18-13-4-2-1-3-12(13)16-10-20(7-8-24-16)26(22,23)11-5-6-14-15(9-11)25-17(21)19-14/h1-6,9,16H,7-8,10H2,(H,19,21). The highest BCUT2D eigenvalue weighted by atomic mass is 32.2. The van der Waals surface area contributed by atoms with Gasteiger partial charge in [-0.15, -0.1) is 0 Å². The molecule has 1 aliphatic heterocycles. The normalized spacial score (nSPS) is 19.0. The van der Waals surface area contributed by atoms with Crippen LogP contribution in [0.1, 0.15) is 11.7 Å². The minimum absolute atomic E-state index is 0.00160. The van der Waals surface area contributed by atoms with Crippen molar-refractivity contribution in [1.29, 1.82) is 0 Å². The zero-order chi connectivity index (χ0) is 18.3. The van der Waals surface area contributed by atoms with Crippen LogP contribution in [0.4, 0.5) is 4.39 Å². The molecule has 1 N–H and O–H groups in total. The van der Waals surface area contributed by atoms with Crippen molar-refractivity contribution in [2.24, 2.45) is 0 Å². The number of morpholine rings is 1. The summed E-state index contributed by atoms with van der Waals surface area (Å²) in [6.07, 6.45) is -0.686. The number of aromatic amines is 1. The first-order chi connectivity index (χ1) is 12.4. The largest absolute Gasteiger partial charge is 0.417 e. The van der Waals surface area contributed by atoms with Crippen LogP contribution in [0.5, 0.6) is 0 Å². The second kappa shape index (κ2) is 6.35. The molecule has 3 aromatic rings. The van der Waals surface area contributed by atoms with Crippen molar-refractivity contribution in [3.63, 3.8) is 0 Å². The molecule has 1 fully saturated rings. The highest BCUT2D eigenvalue weighted by Crippen LogP contribution is 2.28. The van der Waals surface area contributed by atoms with Gasteiger partial charge >= 0.3 is 5.76 Å². The third-order valence-electron chi connectivity index (χ3n) is 4.31. The summed E-state index contributed by atoms with van der Waals surface area (Å²) in [6.45, 7) is 0.306. The van der Waals surface area contributed by atoms with Crippen LogP contribution in [-0.2, 0) is 14.8 Å². The number of hydrogen-bond donors (Lipinski definition) is 1. The highest BCUT2D eigenvalue weighted by molar-refractivity contribution is 7.89. The Morgan fingerprint density at radius 1 is 1.19 bits per heavy atom. The number of hydrogen-bond acceptors (Lipinski definition) is 5. The van der Waals surface area contributed by atoms with E-state index < -0.39 is 27.7 Å². The Morgan fingerprint density at radius 3 is 2.81 bits per heavy atom. The number of halogens is 1. The van der Waals surface area contributed by atoms with Gasteiger partial charge in [-0.05, 0) is 18.2 Å². The van der Waals surface area contributed by atoms with E-state index in [-0.39, 0.29) is 30.2 Å². The summed E-state index contributed by atoms with van der Waals surface area (Å²) in [6, 6.07) is 10.3. The van der Waals surface area contributed by atoms with Crippen molar-refractivity contribution in [2.75, 3.05) is 19.7 Å². The van der Waals surface area contributed by atoms with E-state index in [0.29, 0.717) is 11.1 Å². The van der Waals surface area contributed by atoms with Crippen molar-refractivity contribution in [3.05, 3.63) is 64.4 Å². The van der Waals surface area contributed by atoms with Crippen LogP contribution in [0.2, 0.25) is 0 Å². The van der Waals surface area contributed by atoms with E-state index >= 15 is 0 Å². The van der Waals surface area contributed by atoms with Gasteiger partial charge in [-0.1, -0.05) is 18.2 Å². The molecule has 136 valence electrons. The number of sulfonamides is 1. The number of nitrogens with zero attached hydrogens (tertiary/aromatic N) is 1. The molecular weight excluding hydrogens is 363 g/mol. The van der Waals surface area contributed by atoms with Gasteiger partial charge in [-0.3, -0.25) is 4.98 Å². The van der Waals surface area contributed by atoms with E-state index in [9.17, 15) is 17.6 Å². The fourth-order valence-corrected chi connectivity index (χ4v) is 4.44. The van der Waals surface area contributed by atoms with Crippen molar-refractivity contribution >= 4 is 21.1 Å². The molecular formula is C17H15FN2O5S. The van der Waals surface area contributed by atoms with Crippen LogP contribution in [0, 0.1) is 5.82 Å². The average Bonchev–Trinajstić information content (AvgIpc) is 3.01. The molecule has 0 spiro atoms. The number of aromatic nitrogens is 1. The fraction of sp³-hybridized carbons (Fsp3) is 0.235. The monoisotopic (exact) mass is 378 g/mol. The molecule has 1 saturated heterocycles. The van der Waals surface area contributed by atoms with E-state index in [1.54, 1.807) is 18.2 Å². The zero-order valence-corrected chi connectivity index (χ0v) is 14.3. The molecule has 0 aliphatic carbocycles. The minimum Gasteiger partial charge on any atom is -0.408 e. The van der Waals surface area contributed by atoms with E-state index in [0.717, 1.165) is 0 Å². The first kappa shape index (κ1) is 17.0. The molecule has 0 amide bonds. The van der Waals surface area contributed by atoms with Crippen LogP contribution in [0.15, 0.2) is 56.6 Å². The predicted molar refractivity (Wildman–Crippen MR) is 90.7 cm³/mol. The van der Waals surface area contributed by atoms with Crippen molar-refractivity contribution in [3.8, 4) is 0 Å². The maximum absolute atomic E-state index is 14.0. The molecule has 0 saturated carbocycles. The Morgan fingerprint density at radius 2 is 2.00 bits per heavy atom. The second-order valence-corrected chi connectivity index (χ2v) is 7.85. The lowest BCUT2D eigenvalue weighted by molar-refractivity contribution is -0.00442. The van der Waals surface area contributed by atoms with Crippen LogP contribution < -0.4 is 5.76 Å². The molecule has 1 unspecified atom stereocenters. The van der Waals surface area contributed by atoms with Crippen molar-refractivity contribution in [1.82, 2.24) is 9.29 Å². The molecule has 2 heterocycles. The highest BCUT2D eigenvalue weighted by Gasteiger charge is 2.32. The van der Waals surface area contributed by atoms with Gasteiger partial charge in [0.1, 0.15) is 5.82 Å². The summed E-state index contributed by atoms with van der Waals surface area (Å²) in [5, 5.41) is 0. The molecule has 9 heteroatoms. The quantitative estimate of drug-likeness (QED) is 0.753. The van der Waals surface area contributed by atoms with E-state index in [4.69, 9.17) is 9.15 Å². The maximum atomic E-state index is 14.0. The third-order valence-corrected chi connectivity index (χ3v) is 6.17. The summed E-state index contributed by atoms with van der Waals surface area (Å²) in [5.74, 6) is -1.09. The number of rotatable bonds is 3. The van der Waals surface area contributed by atoms with Crippen LogP contribution in [0.25, 0.3) is 11.1 Å². The van der Waals surface area contributed by atoms with E-state index in [1.165, 1.54) is 28.6 Å². The summed E-state index contributed by atoms with van der Waals surface area (Å²) in [5.41, 5.74) is 0.898. The van der Waals surface area contributed by atoms with Crippen LogP contribution >= 0.6 is 0 Å². The maximum Gasteiger partial charge on any atom is 0.417 e. The molecule has 4 rings (SSSR count). The van der Waals surface area contributed by atoms with Crippen molar-refractivity contribution in [2.45, 2.75) is 11.0 Å². The van der Waals surface area contributed by atoms with Crippen LogP contribution in [0.3, 0.4) is 0 Å². The average molecular weight is 378 g/mol. The number of nitrogens with one attached hydrogen (secondary N) is 1. The SMILES string of the molecule is O=c1[nH]c2ccc(S(=O)(=O)N3CCOC(c4ccccc4F)C3)cc2o1. The Kier molecular flexibility index (Phi) is 4.14. The smallest absolute Gasteiger partial charge is 0.408 e. The van der Waals surface area contributed by atoms with Gasteiger partial charge in [0.25, 0.3) is 0 Å². The topological polar surface area (TPSA) is 92.6 Å². The lowest BCUT2D eigenvalue weighted by Gasteiger charge is -2.32. The van der Waals surface area contributed by atoms with E-state index in [2.05, 4.69) is 4.98 Å². The minimum atomic E-state index is -3.84. The van der Waals surface area contributed by atoms with E-state index in [1.807, 2.05) is 0 Å². The van der Waals surface area contributed by atoms with Crippen molar-refractivity contribution < 1.29 is 22.0 Å². The Bertz CT molecular complexity index is 1120. The molecule has 7 nitrogen and oxygen atoms in total. The first-order valence-corrected chi connectivity index (χ1v) is 9.38. The zero-order valence-electron chi connectivity index (χ0n) is 13.5. The van der Waals surface area contributed by atoms with Gasteiger partial charge in [-0.2, -0.15) is 4.31 Å². The third kappa shape index (κ3) is 2.94. The van der Waals surface area contributed by atoms with Gasteiger partial charge < -0.3 is 9.15 Å². The number of fused-ring (bicyclic) bond motifs is 1. The van der Waals surface area contributed by atoms with Crippen LogP contribution in [-0.4, -0.2) is 37.4 Å². The molecule has 26 heavy (non-hydrogen) atoms. The Balaban J connectivity index is 1.66. The number of benzene rings is 2. The van der Waals surface area contributed by atoms with Gasteiger partial charge in [0.05, 0.1) is 23.1 Å². The lowest BCUT2D eigenvalue weighted by atomic mass is 10.1. The van der Waals surface area contributed by atoms with Gasteiger partial charge in [0.2, 0.25) is 10.0 Å². The molecule has 1 atom stereocenters. The predicted octanol–water partition coefficient (Wildman–Crippen LogP) is 2.02. The summed E-state index contributed by atoms with van der Waals surface area (Å²) < 4.78 is 51.6. The first-order valence-electron chi connectivity index (χ1n) is 7.94. The fourth-order valence-electron chi connectivity index (χ4n) is 3.00. The number of oxazole rings is 1.